The van der Waals surface area contributed by atoms with E-state index in [0.29, 0.717) is 6.04 Å². The van der Waals surface area contributed by atoms with Gasteiger partial charge < -0.3 is 10.6 Å². The molecule has 0 spiro atoms. The highest BCUT2D eigenvalue weighted by Gasteiger charge is 1.98. The quantitative estimate of drug-likeness (QED) is 0.413. The van der Waals surface area contributed by atoms with Crippen LogP contribution >= 0.6 is 0 Å². The summed E-state index contributed by atoms with van der Waals surface area (Å²) >= 11 is 0. The number of hydrogen-bond donors (Lipinski definition) is 2. The lowest BCUT2D eigenvalue weighted by Crippen LogP contribution is -2.26. The van der Waals surface area contributed by atoms with Crippen LogP contribution in [0, 0.1) is 0 Å². The molecule has 0 aliphatic rings. The number of unbranched alkanes of at least 4 members (excludes halogenated alkanes) is 1. The van der Waals surface area contributed by atoms with E-state index in [4.69, 9.17) is 0 Å². The van der Waals surface area contributed by atoms with Crippen LogP contribution in [0.25, 0.3) is 0 Å². The summed E-state index contributed by atoms with van der Waals surface area (Å²) in [6.45, 7) is 12.5. The zero-order valence-corrected chi connectivity index (χ0v) is 9.39. The molecular weight excluding hydrogens is 172 g/mol. The molecule has 0 aliphatic carbocycles. The molecule has 0 bridgehead atoms. The van der Waals surface area contributed by atoms with Crippen LogP contribution in [0.4, 0.5) is 0 Å². The summed E-state index contributed by atoms with van der Waals surface area (Å²) in [6, 6.07) is 0.604. The largest absolute Gasteiger partial charge is 0.313 e. The first-order chi connectivity index (χ1) is 6.81. The van der Waals surface area contributed by atoms with E-state index >= 15 is 0 Å². The summed E-state index contributed by atoms with van der Waals surface area (Å²) < 4.78 is 0. The fraction of sp³-hybridized carbons (Fsp3) is 0.667. The van der Waals surface area contributed by atoms with Crippen molar-refractivity contribution in [1.29, 1.82) is 0 Å². The Hall–Kier alpha value is -0.600. The van der Waals surface area contributed by atoms with Gasteiger partial charge >= 0.3 is 0 Å². The molecule has 0 fully saturated rings. The van der Waals surface area contributed by atoms with Crippen molar-refractivity contribution in [3.8, 4) is 0 Å². The summed E-state index contributed by atoms with van der Waals surface area (Å²) in [5.74, 6) is 0. The normalized spacial score (nSPS) is 12.4. The molecule has 0 heterocycles. The summed E-state index contributed by atoms with van der Waals surface area (Å²) in [7, 11) is 0. The Morgan fingerprint density at radius 2 is 1.86 bits per heavy atom. The van der Waals surface area contributed by atoms with Gasteiger partial charge in [-0.15, -0.1) is 13.2 Å². The summed E-state index contributed by atoms with van der Waals surface area (Å²) in [5.41, 5.74) is 0. The number of nitrogens with one attached hydrogen (secondary N) is 2. The second-order valence-electron chi connectivity index (χ2n) is 3.59. The summed E-state index contributed by atoms with van der Waals surface area (Å²) in [4.78, 5) is 0. The molecule has 82 valence electrons. The molecule has 2 heteroatoms. The van der Waals surface area contributed by atoms with Crippen LogP contribution in [0.5, 0.6) is 0 Å². The summed E-state index contributed by atoms with van der Waals surface area (Å²) in [6.07, 6.45) is 7.56. The summed E-state index contributed by atoms with van der Waals surface area (Å²) in [5, 5.41) is 6.68. The van der Waals surface area contributed by atoms with Gasteiger partial charge in [0, 0.05) is 19.1 Å². The lowest BCUT2D eigenvalue weighted by atomic mass is 10.1. The van der Waals surface area contributed by atoms with Crippen molar-refractivity contribution in [2.24, 2.45) is 0 Å². The van der Waals surface area contributed by atoms with Crippen LogP contribution in [0.15, 0.2) is 25.3 Å². The van der Waals surface area contributed by atoms with Crippen LogP contribution in [0.3, 0.4) is 0 Å². The van der Waals surface area contributed by atoms with E-state index in [2.05, 4.69) is 30.7 Å². The standard InChI is InChI=1S/C12H24N2/c1-4-9-13-11-7-6-8-12(3)14-10-5-2/h4-5,12-14H,1-2,6-11H2,3H3. The second-order valence-corrected chi connectivity index (χ2v) is 3.59. The smallest absolute Gasteiger partial charge is 0.0134 e. The first-order valence-corrected chi connectivity index (χ1v) is 5.47. The fourth-order valence-electron chi connectivity index (χ4n) is 1.29. The Balaban J connectivity index is 3.09. The molecule has 0 radical (unpaired) electrons. The van der Waals surface area contributed by atoms with Gasteiger partial charge in [-0.2, -0.15) is 0 Å². The molecule has 0 aromatic heterocycles. The topological polar surface area (TPSA) is 24.1 Å². The maximum Gasteiger partial charge on any atom is 0.0134 e. The maximum absolute atomic E-state index is 3.68. The van der Waals surface area contributed by atoms with Gasteiger partial charge in [-0.05, 0) is 26.3 Å². The Kier molecular flexibility index (Phi) is 10.0. The maximum atomic E-state index is 3.68. The van der Waals surface area contributed by atoms with Gasteiger partial charge in [-0.3, -0.25) is 0 Å². The molecule has 1 unspecified atom stereocenters. The van der Waals surface area contributed by atoms with Crippen molar-refractivity contribution in [3.05, 3.63) is 25.3 Å². The van der Waals surface area contributed by atoms with Crippen molar-refractivity contribution in [1.82, 2.24) is 10.6 Å². The zero-order chi connectivity index (χ0) is 10.6. The van der Waals surface area contributed by atoms with Crippen molar-refractivity contribution >= 4 is 0 Å². The Labute approximate surface area is 88.5 Å². The minimum absolute atomic E-state index is 0.604. The average molecular weight is 196 g/mol. The minimum Gasteiger partial charge on any atom is -0.313 e. The van der Waals surface area contributed by atoms with Crippen molar-refractivity contribution in [3.63, 3.8) is 0 Å². The fourth-order valence-corrected chi connectivity index (χ4v) is 1.29. The number of rotatable bonds is 10. The van der Waals surface area contributed by atoms with Crippen LogP contribution in [0.2, 0.25) is 0 Å². The third kappa shape index (κ3) is 9.49. The first-order valence-electron chi connectivity index (χ1n) is 5.47. The molecular formula is C12H24N2. The Bertz CT molecular complexity index is 143. The van der Waals surface area contributed by atoms with Crippen molar-refractivity contribution < 1.29 is 0 Å². The highest BCUT2D eigenvalue weighted by Crippen LogP contribution is 1.99. The predicted octanol–water partition coefficient (Wildman–Crippen LogP) is 2.10. The van der Waals surface area contributed by atoms with E-state index in [1.54, 1.807) is 0 Å². The molecule has 0 aromatic carbocycles. The van der Waals surface area contributed by atoms with Gasteiger partial charge in [0.05, 0.1) is 0 Å². The molecule has 2 N–H and O–H groups in total. The zero-order valence-electron chi connectivity index (χ0n) is 9.39. The van der Waals surface area contributed by atoms with Gasteiger partial charge in [-0.25, -0.2) is 0 Å². The Morgan fingerprint density at radius 1 is 1.14 bits per heavy atom. The highest BCUT2D eigenvalue weighted by molar-refractivity contribution is 4.73. The second kappa shape index (κ2) is 10.5. The van der Waals surface area contributed by atoms with Crippen LogP contribution in [0.1, 0.15) is 26.2 Å². The number of hydrogen-bond acceptors (Lipinski definition) is 2. The monoisotopic (exact) mass is 196 g/mol. The molecule has 0 amide bonds. The molecule has 2 nitrogen and oxygen atoms in total. The van der Waals surface area contributed by atoms with Gasteiger partial charge in [-0.1, -0.05) is 18.6 Å². The molecule has 0 aromatic rings. The van der Waals surface area contributed by atoms with Gasteiger partial charge in [0.2, 0.25) is 0 Å². The third-order valence-electron chi connectivity index (χ3n) is 2.14. The molecule has 0 saturated heterocycles. The van der Waals surface area contributed by atoms with Crippen LogP contribution < -0.4 is 10.6 Å². The van der Waals surface area contributed by atoms with Crippen LogP contribution in [-0.2, 0) is 0 Å². The molecule has 0 aliphatic heterocycles. The highest BCUT2D eigenvalue weighted by atomic mass is 14.9. The van der Waals surface area contributed by atoms with E-state index in [-0.39, 0.29) is 0 Å². The molecule has 0 saturated carbocycles. The van der Waals surface area contributed by atoms with Gasteiger partial charge in [0.1, 0.15) is 0 Å². The molecule has 0 rings (SSSR count). The average Bonchev–Trinajstić information content (AvgIpc) is 2.20. The van der Waals surface area contributed by atoms with Gasteiger partial charge in [0.25, 0.3) is 0 Å². The van der Waals surface area contributed by atoms with E-state index < -0.39 is 0 Å². The van der Waals surface area contributed by atoms with E-state index in [0.717, 1.165) is 19.6 Å². The molecule has 14 heavy (non-hydrogen) atoms. The third-order valence-corrected chi connectivity index (χ3v) is 2.14. The first kappa shape index (κ1) is 13.4. The van der Waals surface area contributed by atoms with E-state index in [1.165, 1.54) is 19.3 Å². The SMILES string of the molecule is C=CCNCCCCC(C)NCC=C. The van der Waals surface area contributed by atoms with Crippen LogP contribution in [-0.4, -0.2) is 25.7 Å². The lowest BCUT2D eigenvalue weighted by Gasteiger charge is -2.11. The Morgan fingerprint density at radius 3 is 2.50 bits per heavy atom. The predicted molar refractivity (Wildman–Crippen MR) is 64.6 cm³/mol. The minimum atomic E-state index is 0.604. The van der Waals surface area contributed by atoms with E-state index in [1.807, 2.05) is 12.2 Å². The van der Waals surface area contributed by atoms with Crippen molar-refractivity contribution in [2.45, 2.75) is 32.2 Å². The van der Waals surface area contributed by atoms with Gasteiger partial charge in [0.15, 0.2) is 0 Å². The van der Waals surface area contributed by atoms with E-state index in [9.17, 15) is 0 Å². The molecule has 1 atom stereocenters. The van der Waals surface area contributed by atoms with Crippen molar-refractivity contribution in [2.75, 3.05) is 19.6 Å². The lowest BCUT2D eigenvalue weighted by molar-refractivity contribution is 0.505.